The second kappa shape index (κ2) is 6.51. The second-order valence-corrected chi connectivity index (χ2v) is 6.16. The van der Waals surface area contributed by atoms with Crippen LogP contribution in [0.4, 0.5) is 4.39 Å². The quantitative estimate of drug-likeness (QED) is 0.729. The van der Waals surface area contributed by atoms with Crippen LogP contribution in [0.3, 0.4) is 0 Å². The molecule has 3 heterocycles. The summed E-state index contributed by atoms with van der Waals surface area (Å²) in [6, 6.07) is 7.95. The third-order valence-corrected chi connectivity index (χ3v) is 4.36. The Morgan fingerprint density at radius 2 is 2.04 bits per heavy atom. The molecule has 0 saturated heterocycles. The Balaban J connectivity index is 1.42. The molecule has 0 radical (unpaired) electrons. The van der Waals surface area contributed by atoms with E-state index in [2.05, 4.69) is 14.6 Å². The number of aromatic nitrogens is 4. The molecule has 4 rings (SSSR count). The Hall–Kier alpha value is -2.96. The first-order valence-corrected chi connectivity index (χ1v) is 8.22. The molecule has 3 aromatic rings. The number of hydrogen-bond donors (Lipinski definition) is 0. The van der Waals surface area contributed by atoms with E-state index < -0.39 is 0 Å². The van der Waals surface area contributed by atoms with Gasteiger partial charge in [0.2, 0.25) is 5.91 Å². The van der Waals surface area contributed by atoms with Crippen molar-refractivity contribution >= 4 is 5.91 Å². The summed E-state index contributed by atoms with van der Waals surface area (Å²) >= 11 is 0. The van der Waals surface area contributed by atoms with Gasteiger partial charge in [-0.25, -0.2) is 9.37 Å². The summed E-state index contributed by atoms with van der Waals surface area (Å²) in [5.74, 6) is 0.635. The predicted molar refractivity (Wildman–Crippen MR) is 89.1 cm³/mol. The first kappa shape index (κ1) is 15.6. The van der Waals surface area contributed by atoms with E-state index in [9.17, 15) is 9.18 Å². The van der Waals surface area contributed by atoms with E-state index in [0.717, 1.165) is 23.6 Å². The van der Waals surface area contributed by atoms with Gasteiger partial charge < -0.3 is 9.47 Å². The number of hydrogen-bond acceptors (Lipinski definition) is 3. The van der Waals surface area contributed by atoms with Gasteiger partial charge in [-0.2, -0.15) is 5.10 Å². The van der Waals surface area contributed by atoms with Crippen LogP contribution >= 0.6 is 0 Å². The Kier molecular flexibility index (Phi) is 4.05. The summed E-state index contributed by atoms with van der Waals surface area (Å²) in [5.41, 5.74) is 1.76. The standard InChI is InChI=1S/C18H18FN5O/c19-15-4-2-14(3-5-15)10-18(25)23-9-8-22-11-16(21-17(22)13-23)12-24-7-1-6-20-24/h1-7,11H,8-10,12-13H2. The lowest BCUT2D eigenvalue weighted by Gasteiger charge is -2.27. The molecule has 0 fully saturated rings. The largest absolute Gasteiger partial charge is 0.333 e. The van der Waals surface area contributed by atoms with E-state index in [0.29, 0.717) is 19.6 Å². The van der Waals surface area contributed by atoms with Gasteiger partial charge in [0.1, 0.15) is 11.6 Å². The minimum atomic E-state index is -0.291. The molecule has 0 unspecified atom stereocenters. The zero-order chi connectivity index (χ0) is 17.2. The van der Waals surface area contributed by atoms with Crippen molar-refractivity contribution < 1.29 is 9.18 Å². The lowest BCUT2D eigenvalue weighted by molar-refractivity contribution is -0.132. The normalized spacial score (nSPS) is 13.7. The highest BCUT2D eigenvalue weighted by molar-refractivity contribution is 5.78. The smallest absolute Gasteiger partial charge is 0.227 e. The van der Waals surface area contributed by atoms with Crippen molar-refractivity contribution in [3.63, 3.8) is 0 Å². The van der Waals surface area contributed by atoms with Gasteiger partial charge in [0.05, 0.1) is 25.2 Å². The average Bonchev–Trinajstić information content (AvgIpc) is 3.25. The number of benzene rings is 1. The van der Waals surface area contributed by atoms with Crippen LogP contribution in [0.15, 0.2) is 48.9 Å². The lowest BCUT2D eigenvalue weighted by atomic mass is 10.1. The van der Waals surface area contributed by atoms with Crippen LogP contribution in [-0.4, -0.2) is 36.7 Å². The van der Waals surface area contributed by atoms with E-state index in [1.807, 2.05) is 28.0 Å². The van der Waals surface area contributed by atoms with Crippen LogP contribution in [0.1, 0.15) is 17.1 Å². The molecule has 0 bridgehead atoms. The van der Waals surface area contributed by atoms with Crippen molar-refractivity contribution in [2.24, 2.45) is 0 Å². The van der Waals surface area contributed by atoms with Crippen LogP contribution in [-0.2, 0) is 30.8 Å². The van der Waals surface area contributed by atoms with Crippen molar-refractivity contribution in [1.82, 2.24) is 24.2 Å². The Bertz CT molecular complexity index is 870. The van der Waals surface area contributed by atoms with E-state index in [4.69, 9.17) is 0 Å². The van der Waals surface area contributed by atoms with Gasteiger partial charge in [0, 0.05) is 31.7 Å². The molecular formula is C18H18FN5O. The van der Waals surface area contributed by atoms with E-state index in [1.54, 1.807) is 18.3 Å². The fraction of sp³-hybridized carbons (Fsp3) is 0.278. The van der Waals surface area contributed by atoms with Crippen LogP contribution in [0.25, 0.3) is 0 Å². The summed E-state index contributed by atoms with van der Waals surface area (Å²) in [6.07, 6.45) is 5.95. The molecule has 2 aromatic heterocycles. The summed E-state index contributed by atoms with van der Waals surface area (Å²) in [6.45, 7) is 2.51. The fourth-order valence-corrected chi connectivity index (χ4v) is 3.05. The fourth-order valence-electron chi connectivity index (χ4n) is 3.05. The molecule has 0 atom stereocenters. The van der Waals surface area contributed by atoms with Crippen LogP contribution in [0.2, 0.25) is 0 Å². The number of carbonyl (C=O) groups excluding carboxylic acids is 1. The first-order valence-electron chi connectivity index (χ1n) is 8.22. The van der Waals surface area contributed by atoms with Crippen LogP contribution in [0, 0.1) is 5.82 Å². The Morgan fingerprint density at radius 3 is 2.80 bits per heavy atom. The molecule has 1 aliphatic heterocycles. The van der Waals surface area contributed by atoms with Gasteiger partial charge >= 0.3 is 0 Å². The summed E-state index contributed by atoms with van der Waals surface area (Å²) < 4.78 is 16.9. The number of amides is 1. The minimum Gasteiger partial charge on any atom is -0.333 e. The minimum absolute atomic E-state index is 0.0366. The van der Waals surface area contributed by atoms with Gasteiger partial charge in [-0.1, -0.05) is 12.1 Å². The van der Waals surface area contributed by atoms with E-state index in [-0.39, 0.29) is 18.1 Å². The third-order valence-electron chi connectivity index (χ3n) is 4.36. The molecular weight excluding hydrogens is 321 g/mol. The molecule has 0 N–H and O–H groups in total. The average molecular weight is 339 g/mol. The maximum Gasteiger partial charge on any atom is 0.227 e. The molecule has 1 amide bonds. The Morgan fingerprint density at radius 1 is 1.20 bits per heavy atom. The van der Waals surface area contributed by atoms with Gasteiger partial charge in [0.15, 0.2) is 0 Å². The third kappa shape index (κ3) is 3.45. The molecule has 0 saturated carbocycles. The highest BCUT2D eigenvalue weighted by Crippen LogP contribution is 2.15. The number of fused-ring (bicyclic) bond motifs is 1. The number of rotatable bonds is 4. The molecule has 1 aromatic carbocycles. The molecule has 6 nitrogen and oxygen atoms in total. The van der Waals surface area contributed by atoms with Crippen molar-refractivity contribution in [2.45, 2.75) is 26.1 Å². The van der Waals surface area contributed by atoms with Gasteiger partial charge in [-0.15, -0.1) is 0 Å². The van der Waals surface area contributed by atoms with Crippen LogP contribution < -0.4 is 0 Å². The monoisotopic (exact) mass is 339 g/mol. The highest BCUT2D eigenvalue weighted by atomic mass is 19.1. The van der Waals surface area contributed by atoms with E-state index in [1.165, 1.54) is 12.1 Å². The number of imidazole rings is 1. The maximum absolute atomic E-state index is 13.0. The second-order valence-electron chi connectivity index (χ2n) is 6.16. The molecule has 25 heavy (non-hydrogen) atoms. The van der Waals surface area contributed by atoms with Crippen molar-refractivity contribution in [3.05, 3.63) is 71.8 Å². The number of nitrogens with zero attached hydrogens (tertiary/aromatic N) is 5. The highest BCUT2D eigenvalue weighted by Gasteiger charge is 2.22. The lowest BCUT2D eigenvalue weighted by Crippen LogP contribution is -2.39. The van der Waals surface area contributed by atoms with Crippen LogP contribution in [0.5, 0.6) is 0 Å². The maximum atomic E-state index is 13.0. The predicted octanol–water partition coefficient (Wildman–Crippen LogP) is 1.85. The SMILES string of the molecule is O=C(Cc1ccc(F)cc1)N1CCn2cc(Cn3cccn3)nc2C1. The van der Waals surface area contributed by atoms with Gasteiger partial charge in [-0.3, -0.25) is 9.48 Å². The van der Waals surface area contributed by atoms with Crippen molar-refractivity contribution in [1.29, 1.82) is 0 Å². The zero-order valence-electron chi connectivity index (χ0n) is 13.7. The number of halogens is 1. The molecule has 1 aliphatic rings. The van der Waals surface area contributed by atoms with Gasteiger partial charge in [-0.05, 0) is 23.8 Å². The summed E-state index contributed by atoms with van der Waals surface area (Å²) in [5, 5.41) is 4.19. The zero-order valence-corrected chi connectivity index (χ0v) is 13.7. The molecule has 0 aliphatic carbocycles. The van der Waals surface area contributed by atoms with Crippen molar-refractivity contribution in [2.75, 3.05) is 6.54 Å². The topological polar surface area (TPSA) is 56.0 Å². The van der Waals surface area contributed by atoms with Crippen molar-refractivity contribution in [3.8, 4) is 0 Å². The summed E-state index contributed by atoms with van der Waals surface area (Å²) in [7, 11) is 0. The molecule has 7 heteroatoms. The molecule has 128 valence electrons. The number of carbonyl (C=O) groups is 1. The van der Waals surface area contributed by atoms with E-state index >= 15 is 0 Å². The van der Waals surface area contributed by atoms with Gasteiger partial charge in [0.25, 0.3) is 0 Å². The summed E-state index contributed by atoms with van der Waals surface area (Å²) in [4.78, 5) is 19.0. The Labute approximate surface area is 144 Å². The first-order chi connectivity index (χ1) is 12.2. The molecule has 0 spiro atoms.